The van der Waals surface area contributed by atoms with E-state index >= 15 is 0 Å². The molecule has 0 aliphatic heterocycles. The first-order chi connectivity index (χ1) is 8.43. The number of rotatable bonds is 6. The van der Waals surface area contributed by atoms with Crippen molar-refractivity contribution in [3.05, 3.63) is 16.1 Å². The van der Waals surface area contributed by atoms with Crippen LogP contribution in [-0.2, 0) is 0 Å². The Kier molecular flexibility index (Phi) is 5.99. The number of nitrogens with one attached hydrogen (secondary N) is 2. The molecule has 0 amide bonds. The van der Waals surface area contributed by atoms with Crippen LogP contribution in [0.5, 0.6) is 0 Å². The lowest BCUT2D eigenvalue weighted by molar-refractivity contribution is 0.179. The Morgan fingerprint density at radius 1 is 1.28 bits per heavy atom. The zero-order chi connectivity index (χ0) is 13.7. The van der Waals surface area contributed by atoms with E-state index in [1.807, 2.05) is 13.8 Å². The second-order valence-corrected chi connectivity index (χ2v) is 5.12. The van der Waals surface area contributed by atoms with E-state index in [9.17, 15) is 5.11 Å². The van der Waals surface area contributed by atoms with Gasteiger partial charge in [0.2, 0.25) is 0 Å². The summed E-state index contributed by atoms with van der Waals surface area (Å²) < 4.78 is 0. The van der Waals surface area contributed by atoms with E-state index in [1.54, 1.807) is 13.0 Å². The van der Waals surface area contributed by atoms with Crippen LogP contribution in [0.2, 0.25) is 10.0 Å². The molecule has 3 N–H and O–H groups in total. The Balaban J connectivity index is 2.84. The van der Waals surface area contributed by atoms with Crippen LogP contribution in [0.15, 0.2) is 6.07 Å². The molecule has 0 aliphatic carbocycles. The van der Waals surface area contributed by atoms with Gasteiger partial charge in [0.1, 0.15) is 11.6 Å². The van der Waals surface area contributed by atoms with Gasteiger partial charge in [0.25, 0.3) is 0 Å². The van der Waals surface area contributed by atoms with E-state index in [2.05, 4.69) is 15.6 Å². The highest BCUT2D eigenvalue weighted by molar-refractivity contribution is 6.37. The number of nitrogens with zero attached hydrogens (tertiary/aromatic N) is 1. The maximum Gasteiger partial charge on any atom is 0.147 e. The summed E-state index contributed by atoms with van der Waals surface area (Å²) in [5.41, 5.74) is 0. The summed E-state index contributed by atoms with van der Waals surface area (Å²) in [7, 11) is 0. The predicted octanol–water partition coefficient (Wildman–Crippen LogP) is 3.39. The first kappa shape index (κ1) is 15.3. The maximum atomic E-state index is 9.33. The highest BCUT2D eigenvalue weighted by atomic mass is 35.5. The van der Waals surface area contributed by atoms with Crippen LogP contribution < -0.4 is 10.6 Å². The third-order valence-corrected chi connectivity index (χ3v) is 2.93. The molecule has 4 nitrogen and oxygen atoms in total. The molecule has 0 saturated heterocycles. The minimum absolute atomic E-state index is 0.0747. The molecule has 2 unspecified atom stereocenters. The molecule has 1 heterocycles. The van der Waals surface area contributed by atoms with Crippen LogP contribution in [0, 0.1) is 0 Å². The second kappa shape index (κ2) is 7.02. The summed E-state index contributed by atoms with van der Waals surface area (Å²) in [5, 5.41) is 16.5. The minimum atomic E-state index is -0.369. The molecule has 0 aliphatic rings. The van der Waals surface area contributed by atoms with Gasteiger partial charge in [0.15, 0.2) is 0 Å². The lowest BCUT2D eigenvalue weighted by Gasteiger charge is -2.18. The van der Waals surface area contributed by atoms with Gasteiger partial charge in [0, 0.05) is 12.6 Å². The molecule has 1 aromatic rings. The number of aromatic nitrogens is 1. The van der Waals surface area contributed by atoms with E-state index in [0.29, 0.717) is 28.1 Å². The highest BCUT2D eigenvalue weighted by Gasteiger charge is 2.12. The predicted molar refractivity (Wildman–Crippen MR) is 77.8 cm³/mol. The number of halogens is 2. The molecule has 0 bridgehead atoms. The fourth-order valence-electron chi connectivity index (χ4n) is 1.66. The summed E-state index contributed by atoms with van der Waals surface area (Å²) in [6, 6.07) is 1.73. The average molecular weight is 292 g/mol. The third-order valence-electron chi connectivity index (χ3n) is 2.35. The quantitative estimate of drug-likeness (QED) is 0.752. The average Bonchev–Trinajstić information content (AvgIpc) is 2.24. The highest BCUT2D eigenvalue weighted by Crippen LogP contribution is 2.29. The second-order valence-electron chi connectivity index (χ2n) is 4.31. The molecule has 0 saturated carbocycles. The van der Waals surface area contributed by atoms with Crippen molar-refractivity contribution >= 4 is 34.8 Å². The van der Waals surface area contributed by atoms with Gasteiger partial charge in [-0.25, -0.2) is 4.98 Å². The molecule has 6 heteroatoms. The van der Waals surface area contributed by atoms with Gasteiger partial charge in [-0.05, 0) is 33.3 Å². The van der Waals surface area contributed by atoms with Crippen molar-refractivity contribution in [3.8, 4) is 0 Å². The van der Waals surface area contributed by atoms with Gasteiger partial charge in [-0.3, -0.25) is 0 Å². The first-order valence-corrected chi connectivity index (χ1v) is 6.74. The van der Waals surface area contributed by atoms with Crippen LogP contribution in [-0.4, -0.2) is 28.8 Å². The summed E-state index contributed by atoms with van der Waals surface area (Å²) >= 11 is 12.1. The largest absolute Gasteiger partial charge is 0.393 e. The summed E-state index contributed by atoms with van der Waals surface area (Å²) in [4.78, 5) is 4.34. The summed E-state index contributed by atoms with van der Waals surface area (Å²) in [5.74, 6) is 1.18. The molecule has 0 spiro atoms. The van der Waals surface area contributed by atoms with Crippen molar-refractivity contribution in [3.63, 3.8) is 0 Å². The monoisotopic (exact) mass is 291 g/mol. The molecular weight excluding hydrogens is 273 g/mol. The standard InChI is InChI=1S/C12H19Cl2N3O/c1-4-15-11-9(13)6-10(14)12(17-11)16-7(2)5-8(3)18/h6-8,18H,4-5H2,1-3H3,(H2,15,16,17). The Hall–Kier alpha value is -0.710. The number of aliphatic hydroxyl groups excluding tert-OH is 1. The van der Waals surface area contributed by atoms with Gasteiger partial charge in [-0.15, -0.1) is 0 Å². The van der Waals surface area contributed by atoms with Crippen molar-refractivity contribution in [1.29, 1.82) is 0 Å². The van der Waals surface area contributed by atoms with Crippen molar-refractivity contribution in [2.75, 3.05) is 17.2 Å². The van der Waals surface area contributed by atoms with Crippen LogP contribution in [0.4, 0.5) is 11.6 Å². The molecule has 0 aromatic carbocycles. The number of anilines is 2. The number of hydrogen-bond acceptors (Lipinski definition) is 4. The fraction of sp³-hybridized carbons (Fsp3) is 0.583. The number of aliphatic hydroxyl groups is 1. The lowest BCUT2D eigenvalue weighted by Crippen LogP contribution is -2.21. The van der Waals surface area contributed by atoms with Crippen LogP contribution in [0.25, 0.3) is 0 Å². The Morgan fingerprint density at radius 3 is 2.44 bits per heavy atom. The topological polar surface area (TPSA) is 57.2 Å². The molecule has 102 valence electrons. The lowest BCUT2D eigenvalue weighted by atomic mass is 10.1. The Morgan fingerprint density at radius 2 is 1.89 bits per heavy atom. The van der Waals surface area contributed by atoms with Crippen molar-refractivity contribution in [1.82, 2.24) is 4.98 Å². The first-order valence-electron chi connectivity index (χ1n) is 5.98. The number of hydrogen-bond donors (Lipinski definition) is 3. The summed E-state index contributed by atoms with van der Waals surface area (Å²) in [6.45, 7) is 6.41. The van der Waals surface area contributed by atoms with Gasteiger partial charge >= 0.3 is 0 Å². The van der Waals surface area contributed by atoms with Crippen LogP contribution in [0.1, 0.15) is 27.2 Å². The van der Waals surface area contributed by atoms with Gasteiger partial charge in [-0.2, -0.15) is 0 Å². The van der Waals surface area contributed by atoms with Crippen molar-refractivity contribution < 1.29 is 5.11 Å². The molecular formula is C12H19Cl2N3O. The van der Waals surface area contributed by atoms with Gasteiger partial charge in [-0.1, -0.05) is 23.2 Å². The third kappa shape index (κ3) is 4.52. The van der Waals surface area contributed by atoms with E-state index in [-0.39, 0.29) is 12.1 Å². The molecule has 1 rings (SSSR count). The fourth-order valence-corrected chi connectivity index (χ4v) is 2.14. The SMILES string of the molecule is CCNc1nc(NC(C)CC(C)O)c(Cl)cc1Cl. The van der Waals surface area contributed by atoms with Crippen LogP contribution >= 0.6 is 23.2 Å². The summed E-state index contributed by atoms with van der Waals surface area (Å²) in [6.07, 6.45) is 0.254. The van der Waals surface area contributed by atoms with E-state index in [1.165, 1.54) is 0 Å². The Bertz CT molecular complexity index is 399. The van der Waals surface area contributed by atoms with E-state index in [4.69, 9.17) is 23.2 Å². The number of pyridine rings is 1. The van der Waals surface area contributed by atoms with Gasteiger partial charge in [0.05, 0.1) is 16.1 Å². The molecule has 0 radical (unpaired) electrons. The molecule has 1 aromatic heterocycles. The normalized spacial score (nSPS) is 14.1. The molecule has 0 fully saturated rings. The zero-order valence-electron chi connectivity index (χ0n) is 10.8. The van der Waals surface area contributed by atoms with Crippen molar-refractivity contribution in [2.45, 2.75) is 39.3 Å². The maximum absolute atomic E-state index is 9.33. The van der Waals surface area contributed by atoms with E-state index in [0.717, 1.165) is 6.54 Å². The van der Waals surface area contributed by atoms with Crippen molar-refractivity contribution in [2.24, 2.45) is 0 Å². The smallest absolute Gasteiger partial charge is 0.147 e. The zero-order valence-corrected chi connectivity index (χ0v) is 12.3. The minimum Gasteiger partial charge on any atom is -0.393 e. The van der Waals surface area contributed by atoms with Crippen LogP contribution in [0.3, 0.4) is 0 Å². The van der Waals surface area contributed by atoms with E-state index < -0.39 is 0 Å². The molecule has 2 atom stereocenters. The van der Waals surface area contributed by atoms with Gasteiger partial charge < -0.3 is 15.7 Å². The molecule has 18 heavy (non-hydrogen) atoms. The Labute approximate surface area is 118 Å².